The van der Waals surface area contributed by atoms with Gasteiger partial charge in [-0.3, -0.25) is 14.9 Å². The molecule has 0 fully saturated rings. The van der Waals surface area contributed by atoms with Crippen LogP contribution in [0, 0.1) is 21.4 Å². The van der Waals surface area contributed by atoms with Gasteiger partial charge in [0.15, 0.2) is 6.29 Å². The molecular weight excluding hydrogens is 228 g/mol. The van der Waals surface area contributed by atoms with Crippen molar-refractivity contribution in [2.24, 2.45) is 0 Å². The Labute approximate surface area is 95.4 Å². The third kappa shape index (κ3) is 2.26. The van der Waals surface area contributed by atoms with Crippen LogP contribution < -0.4 is 0 Å². The fraction of sp³-hybridized carbons (Fsp3) is 0.100. The Morgan fingerprint density at radius 3 is 2.65 bits per heavy atom. The molecule has 0 aromatic heterocycles. The van der Waals surface area contributed by atoms with Crippen LogP contribution in [0.3, 0.4) is 0 Å². The number of nitrogens with zero attached hydrogens (tertiary/aromatic N) is 2. The molecule has 7 nitrogen and oxygen atoms in total. The molecule has 0 bridgehead atoms. The summed E-state index contributed by atoms with van der Waals surface area (Å²) < 4.78 is 4.36. The number of aldehydes is 1. The highest BCUT2D eigenvalue weighted by molar-refractivity contribution is 5.96. The van der Waals surface area contributed by atoms with Crippen molar-refractivity contribution in [3.8, 4) is 6.07 Å². The summed E-state index contributed by atoms with van der Waals surface area (Å²) in [4.78, 5) is 31.8. The lowest BCUT2D eigenvalue weighted by Crippen LogP contribution is -2.07. The van der Waals surface area contributed by atoms with Crippen LogP contribution in [0.15, 0.2) is 12.1 Å². The van der Waals surface area contributed by atoms with Crippen molar-refractivity contribution in [1.29, 1.82) is 5.26 Å². The average molecular weight is 234 g/mol. The number of nitriles is 1. The number of esters is 1. The molecule has 0 saturated carbocycles. The normalized spacial score (nSPS) is 9.18. The molecular formula is C10H6N2O5. The molecule has 7 heteroatoms. The van der Waals surface area contributed by atoms with Gasteiger partial charge in [-0.2, -0.15) is 5.26 Å². The van der Waals surface area contributed by atoms with Gasteiger partial charge in [-0.25, -0.2) is 4.79 Å². The quantitative estimate of drug-likeness (QED) is 0.334. The molecule has 1 aromatic rings. The molecule has 0 N–H and O–H groups in total. The first-order valence-corrected chi connectivity index (χ1v) is 4.31. The minimum Gasteiger partial charge on any atom is -0.465 e. The molecule has 0 aliphatic rings. The minimum atomic E-state index is -0.939. The summed E-state index contributed by atoms with van der Waals surface area (Å²) in [6.45, 7) is 0. The van der Waals surface area contributed by atoms with Gasteiger partial charge in [-0.15, -0.1) is 0 Å². The Balaban J connectivity index is 3.58. The van der Waals surface area contributed by atoms with Gasteiger partial charge in [0.2, 0.25) is 0 Å². The number of carbonyl (C=O) groups excluding carboxylic acids is 2. The predicted molar refractivity (Wildman–Crippen MR) is 54.5 cm³/mol. The summed E-state index contributed by atoms with van der Waals surface area (Å²) in [5.74, 6) is -0.939. The summed E-state index contributed by atoms with van der Waals surface area (Å²) in [6.07, 6.45) is 0.312. The van der Waals surface area contributed by atoms with Gasteiger partial charge in [-0.1, -0.05) is 0 Å². The van der Waals surface area contributed by atoms with Gasteiger partial charge >= 0.3 is 5.97 Å². The number of nitro benzene ring substituents is 1. The Bertz CT molecular complexity index is 544. The summed E-state index contributed by atoms with van der Waals surface area (Å²) in [5, 5.41) is 19.4. The Morgan fingerprint density at radius 1 is 1.59 bits per heavy atom. The number of ether oxygens (including phenoxy) is 1. The lowest BCUT2D eigenvalue weighted by atomic mass is 10.0. The van der Waals surface area contributed by atoms with Gasteiger partial charge in [0.05, 0.1) is 23.7 Å². The first-order valence-electron chi connectivity index (χ1n) is 4.31. The molecule has 0 amide bonds. The van der Waals surface area contributed by atoms with Crippen molar-refractivity contribution >= 4 is 17.9 Å². The average Bonchev–Trinajstić information content (AvgIpc) is 2.35. The zero-order valence-corrected chi connectivity index (χ0v) is 8.67. The van der Waals surface area contributed by atoms with Crippen molar-refractivity contribution in [3.63, 3.8) is 0 Å². The minimum absolute atomic E-state index is 0.119. The maximum absolute atomic E-state index is 11.3. The second-order valence-electron chi connectivity index (χ2n) is 2.93. The highest BCUT2D eigenvalue weighted by atomic mass is 16.6. The zero-order chi connectivity index (χ0) is 13.0. The van der Waals surface area contributed by atoms with Crippen LogP contribution in [0.2, 0.25) is 0 Å². The van der Waals surface area contributed by atoms with E-state index in [4.69, 9.17) is 5.26 Å². The topological polar surface area (TPSA) is 110 Å². The number of rotatable bonds is 3. The smallest absolute Gasteiger partial charge is 0.344 e. The lowest BCUT2D eigenvalue weighted by molar-refractivity contribution is -0.385. The fourth-order valence-corrected chi connectivity index (χ4v) is 1.22. The standard InChI is InChI=1S/C10H6N2O5/c1-17-10(14)8-2-6(4-11)7(5-13)3-9(8)12(15)16/h2-3,5H,1H3. The van der Waals surface area contributed by atoms with Gasteiger partial charge in [0.25, 0.3) is 5.69 Å². The van der Waals surface area contributed by atoms with Crippen LogP contribution in [0.5, 0.6) is 0 Å². The summed E-state index contributed by atoms with van der Waals surface area (Å²) in [6, 6.07) is 3.51. The first kappa shape index (κ1) is 12.3. The molecule has 0 aliphatic heterocycles. The van der Waals surface area contributed by atoms with E-state index in [2.05, 4.69) is 4.74 Å². The molecule has 0 atom stereocenters. The van der Waals surface area contributed by atoms with E-state index < -0.39 is 16.6 Å². The van der Waals surface area contributed by atoms with E-state index in [-0.39, 0.29) is 16.7 Å². The summed E-state index contributed by atoms with van der Waals surface area (Å²) >= 11 is 0. The van der Waals surface area contributed by atoms with Gasteiger partial charge in [0.1, 0.15) is 5.56 Å². The third-order valence-corrected chi connectivity index (χ3v) is 2.02. The van der Waals surface area contributed by atoms with E-state index >= 15 is 0 Å². The van der Waals surface area contributed by atoms with Crippen LogP contribution >= 0.6 is 0 Å². The molecule has 1 rings (SSSR count). The van der Waals surface area contributed by atoms with E-state index in [0.29, 0.717) is 6.29 Å². The van der Waals surface area contributed by atoms with E-state index in [1.54, 1.807) is 6.07 Å². The Kier molecular flexibility index (Phi) is 3.51. The Morgan fingerprint density at radius 2 is 2.24 bits per heavy atom. The highest BCUT2D eigenvalue weighted by Crippen LogP contribution is 2.23. The summed E-state index contributed by atoms with van der Waals surface area (Å²) in [7, 11) is 1.06. The van der Waals surface area contributed by atoms with E-state index in [1.165, 1.54) is 0 Å². The van der Waals surface area contributed by atoms with Crippen LogP contribution in [-0.4, -0.2) is 24.3 Å². The molecule has 17 heavy (non-hydrogen) atoms. The van der Waals surface area contributed by atoms with Crippen molar-refractivity contribution in [3.05, 3.63) is 38.9 Å². The Hall–Kier alpha value is -2.75. The SMILES string of the molecule is COC(=O)c1cc(C#N)c(C=O)cc1[N+](=O)[O-]. The maximum Gasteiger partial charge on any atom is 0.344 e. The molecule has 0 spiro atoms. The molecule has 0 saturated heterocycles. The zero-order valence-electron chi connectivity index (χ0n) is 8.67. The molecule has 0 unspecified atom stereocenters. The number of hydrogen-bond donors (Lipinski definition) is 0. The largest absolute Gasteiger partial charge is 0.465 e. The summed E-state index contributed by atoms with van der Waals surface area (Å²) in [5.41, 5.74) is -1.20. The molecule has 1 aromatic carbocycles. The molecule has 0 heterocycles. The van der Waals surface area contributed by atoms with Crippen LogP contribution in [-0.2, 0) is 4.74 Å². The number of carbonyl (C=O) groups is 2. The van der Waals surface area contributed by atoms with Gasteiger partial charge in [0, 0.05) is 11.6 Å². The van der Waals surface area contributed by atoms with Crippen LogP contribution in [0.4, 0.5) is 5.69 Å². The highest BCUT2D eigenvalue weighted by Gasteiger charge is 2.23. The fourth-order valence-electron chi connectivity index (χ4n) is 1.22. The second kappa shape index (κ2) is 4.85. The van der Waals surface area contributed by atoms with Crippen LogP contribution in [0.1, 0.15) is 26.3 Å². The van der Waals surface area contributed by atoms with E-state index in [0.717, 1.165) is 19.2 Å². The lowest BCUT2D eigenvalue weighted by Gasteiger charge is -2.03. The molecule has 86 valence electrons. The van der Waals surface area contributed by atoms with Crippen LogP contribution in [0.25, 0.3) is 0 Å². The number of hydrogen-bond acceptors (Lipinski definition) is 6. The van der Waals surface area contributed by atoms with Crippen molar-refractivity contribution in [1.82, 2.24) is 0 Å². The third-order valence-electron chi connectivity index (χ3n) is 2.02. The molecule has 0 radical (unpaired) electrons. The maximum atomic E-state index is 11.3. The monoisotopic (exact) mass is 234 g/mol. The van der Waals surface area contributed by atoms with Crippen molar-refractivity contribution < 1.29 is 19.2 Å². The van der Waals surface area contributed by atoms with E-state index in [1.807, 2.05) is 0 Å². The number of nitro groups is 1. The van der Waals surface area contributed by atoms with Crippen molar-refractivity contribution in [2.45, 2.75) is 0 Å². The number of methoxy groups -OCH3 is 1. The predicted octanol–water partition coefficient (Wildman–Crippen LogP) is 1.07. The van der Waals surface area contributed by atoms with Crippen molar-refractivity contribution in [2.75, 3.05) is 7.11 Å². The van der Waals surface area contributed by atoms with Gasteiger partial charge < -0.3 is 4.74 Å². The first-order chi connectivity index (χ1) is 8.04. The molecule has 0 aliphatic carbocycles. The van der Waals surface area contributed by atoms with E-state index in [9.17, 15) is 19.7 Å². The number of benzene rings is 1. The second-order valence-corrected chi connectivity index (χ2v) is 2.93. The van der Waals surface area contributed by atoms with Gasteiger partial charge in [-0.05, 0) is 6.07 Å².